The van der Waals surface area contributed by atoms with Crippen LogP contribution in [0.5, 0.6) is 0 Å². The van der Waals surface area contributed by atoms with Gasteiger partial charge in [0.05, 0.1) is 23.1 Å². The maximum atomic E-state index is 11.5. The number of amides is 1. The number of hydrogen-bond donors (Lipinski definition) is 0. The van der Waals surface area contributed by atoms with E-state index >= 15 is 0 Å². The number of nitrogens with zero attached hydrogens (tertiary/aromatic N) is 3. The number of hydrogen-bond acceptors (Lipinski definition) is 4. The van der Waals surface area contributed by atoms with Crippen molar-refractivity contribution in [3.63, 3.8) is 0 Å². The van der Waals surface area contributed by atoms with Crippen LogP contribution in [0.2, 0.25) is 0 Å². The molecule has 0 radical (unpaired) electrons. The van der Waals surface area contributed by atoms with Crippen LogP contribution in [-0.2, 0) is 17.1 Å². The second kappa shape index (κ2) is 6.93. The number of aromatic nitrogens is 1. The molecule has 1 aromatic heterocycles. The molecule has 1 rings (SSSR count). The van der Waals surface area contributed by atoms with E-state index in [1.165, 1.54) is 0 Å². The Morgan fingerprint density at radius 3 is 2.71 bits per heavy atom. The van der Waals surface area contributed by atoms with E-state index in [2.05, 4.69) is 4.98 Å². The van der Waals surface area contributed by atoms with E-state index in [1.807, 2.05) is 17.3 Å². The second-order valence-corrected chi connectivity index (χ2v) is 5.35. The molecule has 0 spiro atoms. The van der Waals surface area contributed by atoms with E-state index in [-0.39, 0.29) is 5.91 Å². The zero-order valence-electron chi connectivity index (χ0n) is 10.4. The van der Waals surface area contributed by atoms with Crippen LogP contribution in [0, 0.1) is 0 Å². The summed E-state index contributed by atoms with van der Waals surface area (Å²) in [5.74, 6) is 0.582. The van der Waals surface area contributed by atoms with Crippen molar-refractivity contribution in [1.29, 1.82) is 0 Å². The van der Waals surface area contributed by atoms with Crippen molar-refractivity contribution in [3.05, 3.63) is 16.1 Å². The van der Waals surface area contributed by atoms with Gasteiger partial charge in [0.2, 0.25) is 5.91 Å². The highest BCUT2D eigenvalue weighted by atomic mass is 35.5. The van der Waals surface area contributed by atoms with Gasteiger partial charge in [0.25, 0.3) is 0 Å². The van der Waals surface area contributed by atoms with Crippen molar-refractivity contribution in [2.24, 2.45) is 0 Å². The first-order chi connectivity index (χ1) is 8.02. The molecule has 0 saturated carbocycles. The van der Waals surface area contributed by atoms with Gasteiger partial charge in [-0.2, -0.15) is 0 Å². The molecule has 17 heavy (non-hydrogen) atoms. The van der Waals surface area contributed by atoms with E-state index in [1.54, 1.807) is 30.3 Å². The molecule has 0 bridgehead atoms. The highest BCUT2D eigenvalue weighted by molar-refractivity contribution is 7.09. The maximum Gasteiger partial charge on any atom is 0.236 e. The number of likely N-dealkylation sites (N-methyl/N-ethyl adjacent to an activating group) is 2. The van der Waals surface area contributed by atoms with Crippen LogP contribution < -0.4 is 0 Å². The van der Waals surface area contributed by atoms with Gasteiger partial charge in [-0.1, -0.05) is 0 Å². The number of carbonyl (C=O) groups excluding carboxylic acids is 1. The van der Waals surface area contributed by atoms with E-state index in [9.17, 15) is 4.79 Å². The fraction of sp³-hybridized carbons (Fsp3) is 0.636. The molecule has 1 aromatic rings. The molecule has 1 amide bonds. The summed E-state index contributed by atoms with van der Waals surface area (Å²) in [4.78, 5) is 19.5. The summed E-state index contributed by atoms with van der Waals surface area (Å²) in [6, 6.07) is 0. The molecule has 4 nitrogen and oxygen atoms in total. The Balaban J connectivity index is 2.32. The van der Waals surface area contributed by atoms with E-state index in [0.29, 0.717) is 12.4 Å². The van der Waals surface area contributed by atoms with E-state index < -0.39 is 0 Å². The van der Waals surface area contributed by atoms with Gasteiger partial charge in [0, 0.05) is 32.4 Å². The minimum Gasteiger partial charge on any atom is -0.348 e. The Kier molecular flexibility index (Phi) is 5.88. The molecule has 0 atom stereocenters. The summed E-state index contributed by atoms with van der Waals surface area (Å²) < 4.78 is 0. The quantitative estimate of drug-likeness (QED) is 0.738. The zero-order valence-corrected chi connectivity index (χ0v) is 12.0. The lowest BCUT2D eigenvalue weighted by atomic mass is 10.4. The molecular weight excluding hydrogens is 258 g/mol. The summed E-state index contributed by atoms with van der Waals surface area (Å²) in [5, 5.41) is 3.05. The molecular formula is C11H18ClN3OS. The summed E-state index contributed by atoms with van der Waals surface area (Å²) in [6.45, 7) is 1.27. The van der Waals surface area contributed by atoms with Crippen molar-refractivity contribution in [2.45, 2.75) is 12.3 Å². The van der Waals surface area contributed by atoms with Gasteiger partial charge in [-0.15, -0.1) is 22.9 Å². The van der Waals surface area contributed by atoms with E-state index in [4.69, 9.17) is 11.6 Å². The highest BCUT2D eigenvalue weighted by Crippen LogP contribution is 2.12. The lowest BCUT2D eigenvalue weighted by Gasteiger charge is -2.18. The molecule has 96 valence electrons. The van der Waals surface area contributed by atoms with Crippen molar-refractivity contribution in [3.8, 4) is 0 Å². The minimum absolute atomic E-state index is 0.119. The topological polar surface area (TPSA) is 36.4 Å². The lowest BCUT2D eigenvalue weighted by molar-refractivity contribution is -0.129. The van der Waals surface area contributed by atoms with Gasteiger partial charge >= 0.3 is 0 Å². The van der Waals surface area contributed by atoms with Gasteiger partial charge in [-0.3, -0.25) is 9.69 Å². The average molecular weight is 276 g/mol. The van der Waals surface area contributed by atoms with Crippen LogP contribution >= 0.6 is 22.9 Å². The van der Waals surface area contributed by atoms with E-state index in [0.717, 1.165) is 23.7 Å². The summed E-state index contributed by atoms with van der Waals surface area (Å²) >= 11 is 7.31. The molecule has 0 N–H and O–H groups in total. The van der Waals surface area contributed by atoms with Crippen molar-refractivity contribution < 1.29 is 4.79 Å². The molecule has 0 fully saturated rings. The van der Waals surface area contributed by atoms with Gasteiger partial charge in [-0.25, -0.2) is 4.98 Å². The van der Waals surface area contributed by atoms with Crippen LogP contribution in [-0.4, -0.2) is 54.9 Å². The highest BCUT2D eigenvalue weighted by Gasteiger charge is 2.09. The largest absolute Gasteiger partial charge is 0.348 e. The second-order valence-electron chi connectivity index (χ2n) is 4.14. The Labute approximate surface area is 111 Å². The number of thiazole rings is 1. The zero-order chi connectivity index (χ0) is 12.8. The standard InChI is InChI=1S/C11H18ClN3OS/c1-14(2)11(16)7-15(3)5-4-10-13-9(6-12)8-17-10/h8H,4-7H2,1-3H3. The Morgan fingerprint density at radius 1 is 1.47 bits per heavy atom. The van der Waals surface area contributed by atoms with Crippen LogP contribution in [0.1, 0.15) is 10.7 Å². The first-order valence-corrected chi connectivity index (χ1v) is 6.82. The average Bonchev–Trinajstić information content (AvgIpc) is 2.74. The first-order valence-electron chi connectivity index (χ1n) is 5.41. The van der Waals surface area contributed by atoms with Gasteiger partial charge in [0.1, 0.15) is 0 Å². The van der Waals surface area contributed by atoms with Gasteiger partial charge in [0.15, 0.2) is 0 Å². The maximum absolute atomic E-state index is 11.5. The van der Waals surface area contributed by atoms with Crippen LogP contribution in [0.25, 0.3) is 0 Å². The SMILES string of the molecule is CN(CCc1nc(CCl)cs1)CC(=O)N(C)C. The van der Waals surface area contributed by atoms with Crippen LogP contribution in [0.4, 0.5) is 0 Å². The predicted octanol–water partition coefficient (Wildman–Crippen LogP) is 1.44. The number of alkyl halides is 1. The molecule has 0 saturated heterocycles. The molecule has 0 aliphatic carbocycles. The fourth-order valence-electron chi connectivity index (χ4n) is 1.26. The molecule has 1 heterocycles. The molecule has 0 aliphatic rings. The third-order valence-electron chi connectivity index (χ3n) is 2.35. The van der Waals surface area contributed by atoms with Crippen molar-refractivity contribution in [2.75, 3.05) is 34.2 Å². The van der Waals surface area contributed by atoms with Crippen molar-refractivity contribution >= 4 is 28.8 Å². The summed E-state index contributed by atoms with van der Waals surface area (Å²) in [6.07, 6.45) is 0.860. The normalized spacial score (nSPS) is 10.9. The fourth-order valence-corrected chi connectivity index (χ4v) is 2.28. The summed E-state index contributed by atoms with van der Waals surface area (Å²) in [7, 11) is 5.48. The lowest BCUT2D eigenvalue weighted by Crippen LogP contribution is -2.35. The smallest absolute Gasteiger partial charge is 0.236 e. The monoisotopic (exact) mass is 275 g/mol. The molecule has 0 unspecified atom stereocenters. The third kappa shape index (κ3) is 5.02. The Morgan fingerprint density at radius 2 is 2.18 bits per heavy atom. The first kappa shape index (κ1) is 14.4. The Hall–Kier alpha value is -0.650. The minimum atomic E-state index is 0.119. The van der Waals surface area contributed by atoms with Gasteiger partial charge < -0.3 is 4.90 Å². The third-order valence-corrected chi connectivity index (χ3v) is 3.58. The molecule has 0 aromatic carbocycles. The summed E-state index contributed by atoms with van der Waals surface area (Å²) in [5.41, 5.74) is 0.929. The number of carbonyl (C=O) groups is 1. The molecule has 0 aliphatic heterocycles. The number of halogens is 1. The van der Waals surface area contributed by atoms with Crippen LogP contribution in [0.15, 0.2) is 5.38 Å². The van der Waals surface area contributed by atoms with Crippen LogP contribution in [0.3, 0.4) is 0 Å². The van der Waals surface area contributed by atoms with Gasteiger partial charge in [-0.05, 0) is 7.05 Å². The predicted molar refractivity (Wildman–Crippen MR) is 71.6 cm³/mol. The number of rotatable bonds is 6. The Bertz CT molecular complexity index is 367. The van der Waals surface area contributed by atoms with Crippen molar-refractivity contribution in [1.82, 2.24) is 14.8 Å². The molecule has 6 heteroatoms.